The lowest BCUT2D eigenvalue weighted by atomic mass is 10.3. The van der Waals surface area contributed by atoms with Crippen LogP contribution in [0.15, 0.2) is 16.8 Å². The fourth-order valence-electron chi connectivity index (χ4n) is 1.34. The summed E-state index contributed by atoms with van der Waals surface area (Å²) in [6, 6.07) is 2.22. The molecule has 1 aliphatic heterocycles. The van der Waals surface area contributed by atoms with Crippen LogP contribution in [0.4, 0.5) is 0 Å². The largest absolute Gasteiger partial charge is 0.308 e. The lowest BCUT2D eigenvalue weighted by Crippen LogP contribution is -2.50. The number of rotatable bonds is 3. The van der Waals surface area contributed by atoms with Crippen molar-refractivity contribution < 1.29 is 8.42 Å². The van der Waals surface area contributed by atoms with E-state index in [1.54, 1.807) is 11.3 Å². The van der Waals surface area contributed by atoms with E-state index in [1.165, 1.54) is 5.56 Å². The molecule has 72 valence electrons. The molecule has 3 nitrogen and oxygen atoms in total. The molecule has 1 aromatic heterocycles. The summed E-state index contributed by atoms with van der Waals surface area (Å²) in [5.74, 6) is 0.605. The van der Waals surface area contributed by atoms with Gasteiger partial charge in [0.15, 0.2) is 9.84 Å². The molecule has 0 radical (unpaired) electrons. The van der Waals surface area contributed by atoms with E-state index in [0.29, 0.717) is 11.5 Å². The Morgan fingerprint density at radius 1 is 1.54 bits per heavy atom. The van der Waals surface area contributed by atoms with Crippen molar-refractivity contribution in [3.8, 4) is 0 Å². The van der Waals surface area contributed by atoms with Crippen molar-refractivity contribution in [1.29, 1.82) is 0 Å². The van der Waals surface area contributed by atoms with E-state index in [4.69, 9.17) is 0 Å². The zero-order chi connectivity index (χ0) is 9.31. The zero-order valence-corrected chi connectivity index (χ0v) is 8.70. The van der Waals surface area contributed by atoms with Crippen LogP contribution in [0, 0.1) is 0 Å². The van der Waals surface area contributed by atoms with Gasteiger partial charge in [-0.1, -0.05) is 0 Å². The molecule has 0 aromatic carbocycles. The first-order valence-electron chi connectivity index (χ1n) is 4.11. The lowest BCUT2D eigenvalue weighted by Gasteiger charge is -2.26. The molecule has 0 unspecified atom stereocenters. The van der Waals surface area contributed by atoms with Crippen LogP contribution in [0.5, 0.6) is 0 Å². The van der Waals surface area contributed by atoms with Crippen molar-refractivity contribution in [3.05, 3.63) is 22.4 Å². The molecule has 0 bridgehead atoms. The molecule has 2 heterocycles. The highest BCUT2D eigenvalue weighted by Crippen LogP contribution is 2.12. The minimum Gasteiger partial charge on any atom is -0.308 e. The summed E-state index contributed by atoms with van der Waals surface area (Å²) in [5.41, 5.74) is 1.23. The number of nitrogens with one attached hydrogen (secondary N) is 1. The van der Waals surface area contributed by atoms with Crippen molar-refractivity contribution in [3.63, 3.8) is 0 Å². The highest BCUT2D eigenvalue weighted by molar-refractivity contribution is 7.92. The van der Waals surface area contributed by atoms with E-state index in [-0.39, 0.29) is 6.04 Å². The lowest BCUT2D eigenvalue weighted by molar-refractivity contribution is 0.512. The molecule has 1 fully saturated rings. The summed E-state index contributed by atoms with van der Waals surface area (Å²) in [5, 5.41) is 7.30. The third kappa shape index (κ3) is 2.30. The molecule has 2 rings (SSSR count). The van der Waals surface area contributed by atoms with Crippen molar-refractivity contribution in [2.75, 3.05) is 11.5 Å². The van der Waals surface area contributed by atoms with Crippen LogP contribution in [-0.4, -0.2) is 26.0 Å². The van der Waals surface area contributed by atoms with Crippen molar-refractivity contribution >= 4 is 21.2 Å². The summed E-state index contributed by atoms with van der Waals surface area (Å²) >= 11 is 1.66. The van der Waals surface area contributed by atoms with Crippen LogP contribution < -0.4 is 5.32 Å². The number of thiophene rings is 1. The summed E-state index contributed by atoms with van der Waals surface area (Å²) < 4.78 is 21.6. The minimum atomic E-state index is -2.68. The SMILES string of the molecule is O=S1(=O)CC(NCc2ccsc2)C1. The Kier molecular flexibility index (Phi) is 2.40. The van der Waals surface area contributed by atoms with Crippen LogP contribution in [0.25, 0.3) is 0 Å². The second-order valence-electron chi connectivity index (χ2n) is 3.29. The minimum absolute atomic E-state index is 0.171. The molecule has 0 spiro atoms. The summed E-state index contributed by atoms with van der Waals surface area (Å²) in [6.45, 7) is 0.781. The topological polar surface area (TPSA) is 46.2 Å². The van der Waals surface area contributed by atoms with E-state index < -0.39 is 9.84 Å². The van der Waals surface area contributed by atoms with Gasteiger partial charge in [0.25, 0.3) is 0 Å². The van der Waals surface area contributed by atoms with Gasteiger partial charge < -0.3 is 5.32 Å². The predicted octanol–water partition coefficient (Wildman–Crippen LogP) is 0.635. The van der Waals surface area contributed by atoms with Crippen LogP contribution in [0.1, 0.15) is 5.56 Å². The summed E-state index contributed by atoms with van der Waals surface area (Å²) in [7, 11) is -2.68. The van der Waals surface area contributed by atoms with E-state index in [1.807, 2.05) is 11.4 Å². The fraction of sp³-hybridized carbons (Fsp3) is 0.500. The van der Waals surface area contributed by atoms with E-state index in [9.17, 15) is 8.42 Å². The molecular weight excluding hydrogens is 206 g/mol. The van der Waals surface area contributed by atoms with Crippen molar-refractivity contribution in [2.24, 2.45) is 0 Å². The molecule has 0 amide bonds. The monoisotopic (exact) mass is 217 g/mol. The Labute approximate surface area is 81.7 Å². The molecule has 0 atom stereocenters. The average molecular weight is 217 g/mol. The molecule has 0 aliphatic carbocycles. The number of sulfone groups is 1. The summed E-state index contributed by atoms with van der Waals surface area (Å²) in [6.07, 6.45) is 0. The van der Waals surface area contributed by atoms with Gasteiger partial charge in [-0.05, 0) is 22.4 Å². The highest BCUT2D eigenvalue weighted by Gasteiger charge is 2.32. The Balaban J connectivity index is 1.77. The smallest absolute Gasteiger partial charge is 0.153 e. The van der Waals surface area contributed by atoms with E-state index in [2.05, 4.69) is 10.7 Å². The van der Waals surface area contributed by atoms with Gasteiger partial charge in [-0.3, -0.25) is 0 Å². The highest BCUT2D eigenvalue weighted by atomic mass is 32.2. The molecule has 1 aliphatic rings. The van der Waals surface area contributed by atoms with Gasteiger partial charge in [0, 0.05) is 12.6 Å². The van der Waals surface area contributed by atoms with Crippen LogP contribution in [0.3, 0.4) is 0 Å². The third-order valence-corrected chi connectivity index (χ3v) is 4.64. The standard InChI is InChI=1S/C8H11NO2S2/c10-13(11)5-8(6-13)9-3-7-1-2-12-4-7/h1-2,4,8-9H,3,5-6H2. The third-order valence-electron chi connectivity index (χ3n) is 2.09. The van der Waals surface area contributed by atoms with Gasteiger partial charge in [0.05, 0.1) is 11.5 Å². The first-order chi connectivity index (χ1) is 6.16. The fourth-order valence-corrected chi connectivity index (χ4v) is 3.37. The van der Waals surface area contributed by atoms with Crippen LogP contribution in [0.2, 0.25) is 0 Å². The average Bonchev–Trinajstić information content (AvgIpc) is 2.48. The summed E-state index contributed by atoms with van der Waals surface area (Å²) in [4.78, 5) is 0. The quantitative estimate of drug-likeness (QED) is 0.808. The zero-order valence-electron chi connectivity index (χ0n) is 7.06. The maximum absolute atomic E-state index is 10.8. The van der Waals surface area contributed by atoms with Crippen LogP contribution in [-0.2, 0) is 16.4 Å². The van der Waals surface area contributed by atoms with Gasteiger partial charge >= 0.3 is 0 Å². The Bertz CT molecular complexity index is 357. The van der Waals surface area contributed by atoms with Crippen molar-refractivity contribution in [1.82, 2.24) is 5.32 Å². The van der Waals surface area contributed by atoms with Crippen LogP contribution >= 0.6 is 11.3 Å². The normalized spacial score (nSPS) is 21.2. The molecular formula is C8H11NO2S2. The van der Waals surface area contributed by atoms with Gasteiger partial charge in [-0.15, -0.1) is 0 Å². The molecule has 0 saturated carbocycles. The maximum Gasteiger partial charge on any atom is 0.153 e. The van der Waals surface area contributed by atoms with Gasteiger partial charge in [-0.2, -0.15) is 11.3 Å². The first kappa shape index (κ1) is 9.18. The van der Waals surface area contributed by atoms with E-state index in [0.717, 1.165) is 6.54 Å². The number of hydrogen-bond donors (Lipinski definition) is 1. The Morgan fingerprint density at radius 2 is 2.31 bits per heavy atom. The van der Waals surface area contributed by atoms with Crippen molar-refractivity contribution in [2.45, 2.75) is 12.6 Å². The first-order valence-corrected chi connectivity index (χ1v) is 6.87. The second-order valence-corrected chi connectivity index (χ2v) is 6.22. The van der Waals surface area contributed by atoms with Gasteiger partial charge in [0.1, 0.15) is 0 Å². The molecule has 1 saturated heterocycles. The van der Waals surface area contributed by atoms with E-state index >= 15 is 0 Å². The molecule has 13 heavy (non-hydrogen) atoms. The molecule has 1 aromatic rings. The maximum atomic E-state index is 10.8. The molecule has 5 heteroatoms. The van der Waals surface area contributed by atoms with Gasteiger partial charge in [-0.25, -0.2) is 8.42 Å². The molecule has 1 N–H and O–H groups in total. The van der Waals surface area contributed by atoms with Gasteiger partial charge in [0.2, 0.25) is 0 Å². The predicted molar refractivity (Wildman–Crippen MR) is 53.6 cm³/mol. The Morgan fingerprint density at radius 3 is 2.85 bits per heavy atom. The Hall–Kier alpha value is -0.390. The number of hydrogen-bond acceptors (Lipinski definition) is 4. The second kappa shape index (κ2) is 3.40.